The van der Waals surface area contributed by atoms with Crippen molar-refractivity contribution in [3.05, 3.63) is 70.6 Å². The zero-order chi connectivity index (χ0) is 20.9. The Labute approximate surface area is 180 Å². The van der Waals surface area contributed by atoms with Crippen LogP contribution in [0.15, 0.2) is 47.9 Å². The number of rotatable bonds is 5. The first-order chi connectivity index (χ1) is 14.6. The first-order valence-electron chi connectivity index (χ1n) is 10.2. The number of benzene rings is 1. The number of piperidine rings is 1. The van der Waals surface area contributed by atoms with Gasteiger partial charge in [0, 0.05) is 24.1 Å². The minimum Gasteiger partial charge on any atom is -0.331 e. The maximum Gasteiger partial charge on any atom is 0.247 e. The second-order valence-electron chi connectivity index (χ2n) is 7.43. The summed E-state index contributed by atoms with van der Waals surface area (Å²) in [6.45, 7) is 4.58. The lowest BCUT2D eigenvalue weighted by Crippen LogP contribution is -2.38. The van der Waals surface area contributed by atoms with E-state index in [1.165, 1.54) is 0 Å². The molecule has 1 aromatic carbocycles. The van der Waals surface area contributed by atoms with Crippen molar-refractivity contribution >= 4 is 34.3 Å². The van der Waals surface area contributed by atoms with Gasteiger partial charge in [0.15, 0.2) is 5.13 Å². The van der Waals surface area contributed by atoms with Gasteiger partial charge in [-0.15, -0.1) is 11.3 Å². The number of hydrogen-bond acceptors (Lipinski definition) is 6. The molecule has 1 fully saturated rings. The van der Waals surface area contributed by atoms with Crippen molar-refractivity contribution in [2.24, 2.45) is 0 Å². The lowest BCUT2D eigenvalue weighted by molar-refractivity contribution is -0.129. The smallest absolute Gasteiger partial charge is 0.247 e. The molecule has 1 amide bonds. The molecule has 1 unspecified atom stereocenters. The molecule has 0 spiro atoms. The number of carbonyl (C=O) groups is 1. The summed E-state index contributed by atoms with van der Waals surface area (Å²) in [6.07, 6.45) is 6.52. The van der Waals surface area contributed by atoms with Crippen LogP contribution in [0.25, 0.3) is 6.08 Å². The molecular formula is C23H25N5OS. The maximum absolute atomic E-state index is 13.0. The number of amides is 1. The number of hydrogen-bond donors (Lipinski definition) is 1. The van der Waals surface area contributed by atoms with E-state index in [9.17, 15) is 4.79 Å². The standard InChI is InChI=1S/C23H25N5OS/c1-16-15-30-23(24-16)27-21-14-19(25-17(2)26-21)20-10-6-7-13-28(20)22(29)12-11-18-8-4-3-5-9-18/h3-5,8-9,11-12,14-15,20H,6-7,10,13H2,1-2H3,(H,24,25,26,27)/b12-11+. The summed E-state index contributed by atoms with van der Waals surface area (Å²) in [5, 5.41) is 6.08. The predicted molar refractivity (Wildman–Crippen MR) is 121 cm³/mol. The number of thiazole rings is 1. The summed E-state index contributed by atoms with van der Waals surface area (Å²) in [4.78, 5) is 28.5. The molecule has 0 radical (unpaired) electrons. The van der Waals surface area contributed by atoms with Gasteiger partial charge >= 0.3 is 0 Å². The Hall–Kier alpha value is -3.06. The summed E-state index contributed by atoms with van der Waals surface area (Å²) in [6, 6.07) is 11.8. The van der Waals surface area contributed by atoms with Crippen molar-refractivity contribution in [2.75, 3.05) is 11.9 Å². The van der Waals surface area contributed by atoms with Crippen molar-refractivity contribution in [1.82, 2.24) is 19.9 Å². The number of aromatic nitrogens is 3. The molecule has 1 saturated heterocycles. The first-order valence-corrected chi connectivity index (χ1v) is 11.0. The molecule has 6 nitrogen and oxygen atoms in total. The molecule has 2 aromatic heterocycles. The monoisotopic (exact) mass is 419 g/mol. The summed E-state index contributed by atoms with van der Waals surface area (Å²) >= 11 is 1.55. The van der Waals surface area contributed by atoms with Gasteiger partial charge in [0.25, 0.3) is 0 Å². The van der Waals surface area contributed by atoms with Crippen LogP contribution in [0, 0.1) is 13.8 Å². The third kappa shape index (κ3) is 4.91. The zero-order valence-corrected chi connectivity index (χ0v) is 18.0. The van der Waals surface area contributed by atoms with E-state index in [4.69, 9.17) is 0 Å². The molecule has 4 rings (SSSR count). The summed E-state index contributed by atoms with van der Waals surface area (Å²) in [5.41, 5.74) is 2.87. The molecule has 0 saturated carbocycles. The average Bonchev–Trinajstić information content (AvgIpc) is 3.16. The molecule has 154 valence electrons. The number of nitrogens with zero attached hydrogens (tertiary/aromatic N) is 4. The highest BCUT2D eigenvalue weighted by Crippen LogP contribution is 2.32. The van der Waals surface area contributed by atoms with E-state index >= 15 is 0 Å². The maximum atomic E-state index is 13.0. The van der Waals surface area contributed by atoms with E-state index in [-0.39, 0.29) is 11.9 Å². The fraction of sp³-hybridized carbons (Fsp3) is 0.304. The molecule has 1 aliphatic heterocycles. The first kappa shape index (κ1) is 20.2. The summed E-state index contributed by atoms with van der Waals surface area (Å²) in [7, 11) is 0. The lowest BCUT2D eigenvalue weighted by atomic mass is 9.98. The van der Waals surface area contributed by atoms with Crippen molar-refractivity contribution in [3.8, 4) is 0 Å². The second-order valence-corrected chi connectivity index (χ2v) is 8.29. The fourth-order valence-corrected chi connectivity index (χ4v) is 4.37. The van der Waals surface area contributed by atoms with Gasteiger partial charge in [0.05, 0.1) is 17.4 Å². The van der Waals surface area contributed by atoms with Crippen LogP contribution < -0.4 is 5.32 Å². The molecular weight excluding hydrogens is 394 g/mol. The Bertz CT molecular complexity index is 1050. The second kappa shape index (κ2) is 9.17. The van der Waals surface area contributed by atoms with Gasteiger partial charge in [-0.1, -0.05) is 30.3 Å². The SMILES string of the molecule is Cc1csc(Nc2cc(C3CCCCN3C(=O)/C=C/c3ccccc3)nc(C)n2)n1. The van der Waals surface area contributed by atoms with Crippen molar-refractivity contribution in [1.29, 1.82) is 0 Å². The van der Waals surface area contributed by atoms with Gasteiger partial charge in [-0.2, -0.15) is 0 Å². The van der Waals surface area contributed by atoms with Gasteiger partial charge in [-0.3, -0.25) is 4.79 Å². The highest BCUT2D eigenvalue weighted by Gasteiger charge is 2.28. The Morgan fingerprint density at radius 1 is 1.17 bits per heavy atom. The number of anilines is 2. The van der Waals surface area contributed by atoms with Crippen LogP contribution in [-0.2, 0) is 4.79 Å². The van der Waals surface area contributed by atoms with Crippen LogP contribution in [0.1, 0.15) is 48.1 Å². The Kier molecular flexibility index (Phi) is 6.18. The Morgan fingerprint density at radius 2 is 2.00 bits per heavy atom. The summed E-state index contributed by atoms with van der Waals surface area (Å²) < 4.78 is 0. The van der Waals surface area contributed by atoms with Crippen LogP contribution in [0.5, 0.6) is 0 Å². The molecule has 0 aliphatic carbocycles. The van der Waals surface area contributed by atoms with E-state index in [1.54, 1.807) is 17.4 Å². The summed E-state index contributed by atoms with van der Waals surface area (Å²) in [5.74, 6) is 1.41. The highest BCUT2D eigenvalue weighted by molar-refractivity contribution is 7.13. The van der Waals surface area contributed by atoms with Gasteiger partial charge in [0.2, 0.25) is 5.91 Å². The lowest BCUT2D eigenvalue weighted by Gasteiger charge is -2.35. The van der Waals surface area contributed by atoms with Crippen LogP contribution in [0.2, 0.25) is 0 Å². The number of carbonyl (C=O) groups excluding carboxylic acids is 1. The third-order valence-electron chi connectivity index (χ3n) is 5.06. The zero-order valence-electron chi connectivity index (χ0n) is 17.2. The molecule has 1 aliphatic rings. The van der Waals surface area contributed by atoms with E-state index in [2.05, 4.69) is 20.3 Å². The molecule has 30 heavy (non-hydrogen) atoms. The van der Waals surface area contributed by atoms with E-state index in [0.717, 1.165) is 47.9 Å². The van der Waals surface area contributed by atoms with Crippen molar-refractivity contribution in [2.45, 2.75) is 39.2 Å². The predicted octanol–water partition coefficient (Wildman–Crippen LogP) is 5.06. The molecule has 3 heterocycles. The van der Waals surface area contributed by atoms with Crippen molar-refractivity contribution in [3.63, 3.8) is 0 Å². The number of nitrogens with one attached hydrogen (secondary N) is 1. The van der Waals surface area contributed by atoms with Gasteiger partial charge in [0.1, 0.15) is 11.6 Å². The average molecular weight is 420 g/mol. The van der Waals surface area contributed by atoms with E-state index in [1.807, 2.05) is 66.6 Å². The van der Waals surface area contributed by atoms with Crippen LogP contribution in [0.3, 0.4) is 0 Å². The quantitative estimate of drug-likeness (QED) is 0.585. The van der Waals surface area contributed by atoms with Gasteiger partial charge < -0.3 is 10.2 Å². The van der Waals surface area contributed by atoms with Gasteiger partial charge in [-0.25, -0.2) is 15.0 Å². The minimum absolute atomic E-state index is 0.0184. The van der Waals surface area contributed by atoms with E-state index in [0.29, 0.717) is 11.6 Å². The Balaban J connectivity index is 1.56. The van der Waals surface area contributed by atoms with Crippen LogP contribution in [0.4, 0.5) is 10.9 Å². The molecule has 7 heteroatoms. The minimum atomic E-state index is -0.0491. The molecule has 1 N–H and O–H groups in total. The fourth-order valence-electron chi connectivity index (χ4n) is 3.68. The Morgan fingerprint density at radius 3 is 2.77 bits per heavy atom. The number of aryl methyl sites for hydroxylation is 2. The molecule has 0 bridgehead atoms. The normalized spacial score (nSPS) is 16.7. The topological polar surface area (TPSA) is 71.0 Å². The largest absolute Gasteiger partial charge is 0.331 e. The van der Waals surface area contributed by atoms with Crippen molar-refractivity contribution < 1.29 is 4.79 Å². The van der Waals surface area contributed by atoms with Crippen LogP contribution >= 0.6 is 11.3 Å². The number of likely N-dealkylation sites (tertiary alicyclic amines) is 1. The van der Waals surface area contributed by atoms with Crippen LogP contribution in [-0.4, -0.2) is 32.3 Å². The highest BCUT2D eigenvalue weighted by atomic mass is 32.1. The van der Waals surface area contributed by atoms with E-state index < -0.39 is 0 Å². The third-order valence-corrected chi connectivity index (χ3v) is 5.93. The molecule has 1 atom stereocenters. The molecule has 3 aromatic rings. The van der Waals surface area contributed by atoms with Gasteiger partial charge in [-0.05, 0) is 44.7 Å².